The van der Waals surface area contributed by atoms with Crippen molar-refractivity contribution in [2.75, 3.05) is 0 Å². The summed E-state index contributed by atoms with van der Waals surface area (Å²) in [5.41, 5.74) is 16.7. The van der Waals surface area contributed by atoms with Gasteiger partial charge in [-0.15, -0.1) is 34.1 Å². The molecular formula is C49H43Cl2Zr. The first kappa shape index (κ1) is 39.5. The van der Waals surface area contributed by atoms with Crippen LogP contribution in [0.25, 0.3) is 28.3 Å². The van der Waals surface area contributed by atoms with Crippen molar-refractivity contribution in [3.05, 3.63) is 206 Å². The Morgan fingerprint density at radius 1 is 0.558 bits per heavy atom. The van der Waals surface area contributed by atoms with Crippen molar-refractivity contribution in [2.45, 2.75) is 58.3 Å². The van der Waals surface area contributed by atoms with E-state index in [9.17, 15) is 0 Å². The molecule has 0 saturated heterocycles. The fourth-order valence-electron chi connectivity index (χ4n) is 8.01. The van der Waals surface area contributed by atoms with Crippen molar-refractivity contribution in [1.82, 2.24) is 0 Å². The molecule has 1 atom stereocenters. The SMILES string of the molecule is CC(C)(C)c1ccc2c(c1)[C-]=c1c-2cc(=C(c2ccccc2)c2ccccc2)c(C(C)(C)C)c1C1C=C(c2ccccc2)c2ccccc21.[Cl-].[Cl-].[Zr+3]. The van der Waals surface area contributed by atoms with Crippen LogP contribution in [-0.2, 0) is 37.0 Å². The van der Waals surface area contributed by atoms with E-state index in [0.29, 0.717) is 0 Å². The summed E-state index contributed by atoms with van der Waals surface area (Å²) in [5.74, 6) is 0.0750. The van der Waals surface area contributed by atoms with Gasteiger partial charge in [-0.1, -0.05) is 198 Å². The molecule has 0 amide bonds. The molecule has 0 aliphatic heterocycles. The molecule has 6 aromatic carbocycles. The summed E-state index contributed by atoms with van der Waals surface area (Å²) in [4.78, 5) is 0. The smallest absolute Gasteiger partial charge is 1.00 e. The molecule has 3 heteroatoms. The molecule has 6 aromatic rings. The quantitative estimate of drug-likeness (QED) is 0.225. The predicted octanol–water partition coefficient (Wildman–Crippen LogP) is 4.80. The van der Waals surface area contributed by atoms with Crippen molar-refractivity contribution in [2.24, 2.45) is 0 Å². The maximum atomic E-state index is 4.04. The van der Waals surface area contributed by atoms with E-state index in [1.54, 1.807) is 0 Å². The van der Waals surface area contributed by atoms with Gasteiger partial charge in [0.25, 0.3) is 0 Å². The summed E-state index contributed by atoms with van der Waals surface area (Å²) < 4.78 is 0. The van der Waals surface area contributed by atoms with Crippen LogP contribution in [0.5, 0.6) is 0 Å². The van der Waals surface area contributed by atoms with Gasteiger partial charge in [-0.05, 0) is 55.0 Å². The molecule has 0 aromatic heterocycles. The van der Waals surface area contributed by atoms with Crippen LogP contribution in [0.15, 0.2) is 146 Å². The molecular weight excluding hydrogens is 751 g/mol. The van der Waals surface area contributed by atoms with E-state index in [4.69, 9.17) is 0 Å². The molecule has 0 N–H and O–H groups in total. The van der Waals surface area contributed by atoms with Crippen molar-refractivity contribution in [3.8, 4) is 11.1 Å². The van der Waals surface area contributed by atoms with Gasteiger partial charge in [0, 0.05) is 5.92 Å². The van der Waals surface area contributed by atoms with Crippen molar-refractivity contribution >= 4 is 17.2 Å². The largest absolute Gasteiger partial charge is 3.00 e. The molecule has 1 radical (unpaired) electrons. The standard InChI is InChI=1S/C49H43.2ClH.Zr/c1-48(2,3)36-26-27-37-35(28-36)29-42-41(37)31-44(45(33-20-12-8-13-21-33)34-22-14-9-15-23-34)47(49(4,5)6)46(42)43-30-40(32-18-10-7-11-19-32)38-24-16-17-25-39(38)43;;;/h7-28,30-31,43H,1-6H3;2*1H;/q-1;;;+3/p-2. The van der Waals surface area contributed by atoms with Crippen LogP contribution in [0, 0.1) is 0 Å². The van der Waals surface area contributed by atoms with E-state index < -0.39 is 0 Å². The Kier molecular flexibility index (Phi) is 11.6. The zero-order valence-corrected chi connectivity index (χ0v) is 34.7. The molecule has 0 bridgehead atoms. The molecule has 0 heterocycles. The Bertz CT molecular complexity index is 2340. The average molecular weight is 794 g/mol. The minimum Gasteiger partial charge on any atom is -1.00 e. The van der Waals surface area contributed by atoms with E-state index >= 15 is 0 Å². The molecule has 0 nitrogen and oxygen atoms in total. The molecule has 257 valence electrons. The maximum absolute atomic E-state index is 4.04. The third-order valence-electron chi connectivity index (χ3n) is 10.3. The van der Waals surface area contributed by atoms with Gasteiger partial charge in [0.15, 0.2) is 0 Å². The van der Waals surface area contributed by atoms with Gasteiger partial charge >= 0.3 is 26.2 Å². The van der Waals surface area contributed by atoms with Gasteiger partial charge in [-0.3, -0.25) is 0 Å². The summed E-state index contributed by atoms with van der Waals surface area (Å²) in [6.07, 6.45) is 6.57. The van der Waals surface area contributed by atoms with Crippen LogP contribution in [0.1, 0.15) is 97.5 Å². The monoisotopic (exact) mass is 791 g/mol. The Labute approximate surface area is 341 Å². The summed E-state index contributed by atoms with van der Waals surface area (Å²) >= 11 is 0. The second-order valence-corrected chi connectivity index (χ2v) is 15.6. The number of hydrogen-bond donors (Lipinski definition) is 0. The van der Waals surface area contributed by atoms with E-state index in [2.05, 4.69) is 193 Å². The number of benzene rings is 6. The number of hydrogen-bond acceptors (Lipinski definition) is 0. The number of allylic oxidation sites excluding steroid dienone is 1. The molecule has 0 saturated carbocycles. The molecule has 0 spiro atoms. The van der Waals surface area contributed by atoms with E-state index in [-0.39, 0.29) is 67.8 Å². The first-order valence-electron chi connectivity index (χ1n) is 17.6. The van der Waals surface area contributed by atoms with Gasteiger partial charge < -0.3 is 24.8 Å². The first-order valence-corrected chi connectivity index (χ1v) is 17.6. The third kappa shape index (κ3) is 7.01. The Balaban J connectivity index is 0.00000174. The normalized spacial score (nSPS) is 14.0. The minimum atomic E-state index is -0.167. The van der Waals surface area contributed by atoms with Crippen molar-refractivity contribution < 1.29 is 51.0 Å². The molecule has 1 unspecified atom stereocenters. The van der Waals surface area contributed by atoms with Crippen LogP contribution in [0.3, 0.4) is 0 Å². The van der Waals surface area contributed by atoms with E-state index in [1.807, 2.05) is 0 Å². The number of fused-ring (bicyclic) bond motifs is 4. The summed E-state index contributed by atoms with van der Waals surface area (Å²) in [7, 11) is 0. The van der Waals surface area contributed by atoms with Gasteiger partial charge in [0.05, 0.1) is 0 Å². The van der Waals surface area contributed by atoms with Crippen LogP contribution in [-0.4, -0.2) is 0 Å². The van der Waals surface area contributed by atoms with Gasteiger partial charge in [-0.2, -0.15) is 0 Å². The summed E-state index contributed by atoms with van der Waals surface area (Å²) in [6.45, 7) is 14.0. The molecule has 2 aliphatic carbocycles. The van der Waals surface area contributed by atoms with Gasteiger partial charge in [0.2, 0.25) is 0 Å². The molecule has 2 aliphatic rings. The van der Waals surface area contributed by atoms with Crippen LogP contribution in [0.2, 0.25) is 0 Å². The number of rotatable bonds is 4. The fraction of sp³-hybridized carbons (Fsp3) is 0.184. The predicted molar refractivity (Wildman–Crippen MR) is 207 cm³/mol. The number of halogens is 2. The summed E-state index contributed by atoms with van der Waals surface area (Å²) in [5, 5.41) is 2.54. The van der Waals surface area contributed by atoms with Crippen molar-refractivity contribution in [1.29, 1.82) is 0 Å². The Morgan fingerprint density at radius 2 is 1.12 bits per heavy atom. The minimum absolute atomic E-state index is 0. The van der Waals surface area contributed by atoms with Crippen LogP contribution < -0.4 is 35.3 Å². The maximum Gasteiger partial charge on any atom is 3.00 e. The molecule has 0 fully saturated rings. The average Bonchev–Trinajstić information content (AvgIpc) is 3.67. The van der Waals surface area contributed by atoms with E-state index in [1.165, 1.54) is 82.8 Å². The van der Waals surface area contributed by atoms with E-state index in [0.717, 1.165) is 0 Å². The van der Waals surface area contributed by atoms with Crippen molar-refractivity contribution in [3.63, 3.8) is 0 Å². The molecule has 52 heavy (non-hydrogen) atoms. The van der Waals surface area contributed by atoms with Gasteiger partial charge in [-0.25, -0.2) is 0 Å². The second-order valence-electron chi connectivity index (χ2n) is 15.6. The van der Waals surface area contributed by atoms with Crippen LogP contribution in [0.4, 0.5) is 0 Å². The second kappa shape index (κ2) is 15.3. The topological polar surface area (TPSA) is 0 Å². The Hall–Kier alpha value is -3.74. The molecule has 8 rings (SSSR count). The fourth-order valence-corrected chi connectivity index (χ4v) is 8.01. The Morgan fingerprint density at radius 3 is 1.69 bits per heavy atom. The van der Waals surface area contributed by atoms with Gasteiger partial charge in [0.1, 0.15) is 0 Å². The zero-order valence-electron chi connectivity index (χ0n) is 30.7. The zero-order chi connectivity index (χ0) is 33.9. The van der Waals surface area contributed by atoms with Crippen LogP contribution >= 0.6 is 0 Å². The summed E-state index contributed by atoms with van der Waals surface area (Å²) in [6, 6.07) is 51.4. The first-order chi connectivity index (χ1) is 23.6. The third-order valence-corrected chi connectivity index (χ3v) is 10.3.